The minimum atomic E-state index is -3.81. The van der Waals surface area contributed by atoms with Crippen molar-refractivity contribution < 1.29 is 17.9 Å². The highest BCUT2D eigenvalue weighted by molar-refractivity contribution is 7.92. The van der Waals surface area contributed by atoms with E-state index >= 15 is 0 Å². The van der Waals surface area contributed by atoms with Crippen molar-refractivity contribution in [3.8, 4) is 0 Å². The van der Waals surface area contributed by atoms with Gasteiger partial charge in [0, 0.05) is 50.9 Å². The van der Waals surface area contributed by atoms with Crippen molar-refractivity contribution in [2.45, 2.75) is 56.9 Å². The van der Waals surface area contributed by atoms with Crippen LogP contribution in [0.4, 0.5) is 5.69 Å². The molecule has 0 atom stereocenters. The summed E-state index contributed by atoms with van der Waals surface area (Å²) in [6.45, 7) is 10.4. The molecule has 8 nitrogen and oxygen atoms in total. The quantitative estimate of drug-likeness (QED) is 0.476. The number of rotatable bonds is 6. The molecule has 2 aliphatic heterocycles. The minimum Gasteiger partial charge on any atom is -0.381 e. The number of fused-ring (bicyclic) bond motifs is 1. The normalized spacial score (nSPS) is 17.1. The second-order valence-electron chi connectivity index (χ2n) is 11.2. The maximum Gasteiger partial charge on any atom is 0.264 e. The van der Waals surface area contributed by atoms with Gasteiger partial charge >= 0.3 is 0 Å². The van der Waals surface area contributed by atoms with E-state index in [0.717, 1.165) is 69.0 Å². The summed E-state index contributed by atoms with van der Waals surface area (Å²) in [5.41, 5.74) is 2.70. The largest absolute Gasteiger partial charge is 0.381 e. The van der Waals surface area contributed by atoms with E-state index in [1.54, 1.807) is 24.1 Å². The summed E-state index contributed by atoms with van der Waals surface area (Å²) >= 11 is 0. The Labute approximate surface area is 219 Å². The van der Waals surface area contributed by atoms with Gasteiger partial charge in [-0.25, -0.2) is 13.4 Å². The second-order valence-corrected chi connectivity index (χ2v) is 13.1. The Morgan fingerprint density at radius 2 is 1.76 bits per heavy atom. The van der Waals surface area contributed by atoms with Gasteiger partial charge in [0.2, 0.25) is 0 Å². The van der Waals surface area contributed by atoms with E-state index in [-0.39, 0.29) is 16.2 Å². The Morgan fingerprint density at radius 3 is 2.35 bits per heavy atom. The van der Waals surface area contributed by atoms with E-state index in [9.17, 15) is 13.2 Å². The molecule has 2 saturated heterocycles. The molecule has 1 amide bonds. The molecule has 2 aliphatic rings. The Kier molecular flexibility index (Phi) is 6.79. The van der Waals surface area contributed by atoms with Crippen molar-refractivity contribution in [1.29, 1.82) is 0 Å². The number of amides is 1. The molecule has 5 rings (SSSR count). The van der Waals surface area contributed by atoms with Crippen LogP contribution in [-0.2, 0) is 26.7 Å². The minimum absolute atomic E-state index is 0.0556. The zero-order chi connectivity index (χ0) is 26.4. The number of imidazole rings is 1. The van der Waals surface area contributed by atoms with E-state index < -0.39 is 10.0 Å². The van der Waals surface area contributed by atoms with Gasteiger partial charge in [-0.2, -0.15) is 0 Å². The van der Waals surface area contributed by atoms with E-state index in [1.807, 2.05) is 18.2 Å². The molecule has 198 valence electrons. The Balaban J connectivity index is 1.43. The van der Waals surface area contributed by atoms with Gasteiger partial charge in [0.05, 0.1) is 21.6 Å². The summed E-state index contributed by atoms with van der Waals surface area (Å²) in [7, 11) is -2.25. The van der Waals surface area contributed by atoms with Gasteiger partial charge < -0.3 is 14.2 Å². The lowest BCUT2D eigenvalue weighted by Crippen LogP contribution is -2.42. The first-order valence-corrected chi connectivity index (χ1v) is 14.5. The molecule has 0 aliphatic carbocycles. The SMILES string of the molecule is CN(c1ccc2c(c1)nc(C(C)(C)C)n2CC1CCOCC1)S(=O)(=O)c1ccc(C(=O)N2CCC2)cc1. The number of ether oxygens (including phenoxy) is 1. The van der Waals surface area contributed by atoms with Crippen LogP contribution >= 0.6 is 0 Å². The number of benzene rings is 2. The number of aromatic nitrogens is 2. The van der Waals surface area contributed by atoms with Crippen LogP contribution in [0.3, 0.4) is 0 Å². The molecule has 2 fully saturated rings. The van der Waals surface area contributed by atoms with Gasteiger partial charge in [0.15, 0.2) is 0 Å². The fourth-order valence-corrected chi connectivity index (χ4v) is 6.21. The summed E-state index contributed by atoms with van der Waals surface area (Å²) in [6.07, 6.45) is 3.08. The van der Waals surface area contributed by atoms with Gasteiger partial charge in [-0.3, -0.25) is 9.10 Å². The van der Waals surface area contributed by atoms with Crippen LogP contribution in [0.25, 0.3) is 11.0 Å². The van der Waals surface area contributed by atoms with E-state index in [2.05, 4.69) is 25.3 Å². The van der Waals surface area contributed by atoms with Crippen LogP contribution in [0.2, 0.25) is 0 Å². The third-order valence-electron chi connectivity index (χ3n) is 7.45. The van der Waals surface area contributed by atoms with Crippen molar-refractivity contribution in [2.75, 3.05) is 37.7 Å². The van der Waals surface area contributed by atoms with Crippen LogP contribution in [0.15, 0.2) is 47.4 Å². The lowest BCUT2D eigenvalue weighted by atomic mass is 9.94. The Morgan fingerprint density at radius 1 is 1.08 bits per heavy atom. The molecule has 0 radical (unpaired) electrons. The number of anilines is 1. The number of carbonyl (C=O) groups is 1. The fourth-order valence-electron chi connectivity index (χ4n) is 5.03. The molecular formula is C28H36N4O4S. The fraction of sp³-hybridized carbons (Fsp3) is 0.500. The third kappa shape index (κ3) is 4.99. The molecule has 3 heterocycles. The highest BCUT2D eigenvalue weighted by Crippen LogP contribution is 2.32. The first-order valence-electron chi connectivity index (χ1n) is 13.0. The summed E-state index contributed by atoms with van der Waals surface area (Å²) in [5.74, 6) is 1.48. The van der Waals surface area contributed by atoms with Gasteiger partial charge in [-0.1, -0.05) is 20.8 Å². The van der Waals surface area contributed by atoms with Crippen LogP contribution in [0.1, 0.15) is 56.2 Å². The summed E-state index contributed by atoms with van der Waals surface area (Å²) in [5, 5.41) is 0. The molecule has 0 N–H and O–H groups in total. The number of hydrogen-bond donors (Lipinski definition) is 0. The highest BCUT2D eigenvalue weighted by atomic mass is 32.2. The van der Waals surface area contributed by atoms with Crippen LogP contribution in [0, 0.1) is 5.92 Å². The Hall–Kier alpha value is -2.91. The molecule has 2 aromatic carbocycles. The zero-order valence-corrected chi connectivity index (χ0v) is 22.9. The lowest BCUT2D eigenvalue weighted by Gasteiger charge is -2.31. The summed E-state index contributed by atoms with van der Waals surface area (Å²) in [6, 6.07) is 11.9. The summed E-state index contributed by atoms with van der Waals surface area (Å²) < 4.78 is 36.0. The first-order chi connectivity index (χ1) is 17.6. The first kappa shape index (κ1) is 25.7. The molecule has 0 bridgehead atoms. The van der Waals surface area contributed by atoms with Gasteiger partial charge in [-0.05, 0) is 67.6 Å². The lowest BCUT2D eigenvalue weighted by molar-refractivity contribution is 0.0611. The zero-order valence-electron chi connectivity index (χ0n) is 22.1. The van der Waals surface area contributed by atoms with E-state index in [4.69, 9.17) is 9.72 Å². The number of nitrogens with zero attached hydrogens (tertiary/aromatic N) is 4. The van der Waals surface area contributed by atoms with Crippen molar-refractivity contribution in [1.82, 2.24) is 14.5 Å². The predicted molar refractivity (Wildman–Crippen MR) is 145 cm³/mol. The standard InChI is InChI=1S/C28H36N4O4S/c1-28(2,3)27-29-24-18-22(8-11-25(24)32(27)19-20-12-16-36-17-13-20)30(4)37(34,35)23-9-6-21(7-10-23)26(33)31-14-5-15-31/h6-11,18,20H,5,12-17,19H2,1-4H3. The molecule has 0 saturated carbocycles. The predicted octanol–water partition coefficient (Wildman–Crippen LogP) is 4.43. The van der Waals surface area contributed by atoms with Crippen LogP contribution in [-0.4, -0.2) is 62.1 Å². The molecule has 1 aromatic heterocycles. The average Bonchev–Trinajstić information content (AvgIpc) is 3.21. The molecule has 37 heavy (non-hydrogen) atoms. The van der Waals surface area contributed by atoms with Crippen molar-refractivity contribution in [3.05, 3.63) is 53.9 Å². The molecule has 3 aromatic rings. The number of carbonyl (C=O) groups excluding carboxylic acids is 1. The van der Waals surface area contributed by atoms with E-state index in [0.29, 0.717) is 17.2 Å². The Bertz CT molecular complexity index is 1400. The van der Waals surface area contributed by atoms with Crippen molar-refractivity contribution in [3.63, 3.8) is 0 Å². The number of sulfonamides is 1. The summed E-state index contributed by atoms with van der Waals surface area (Å²) in [4.78, 5) is 19.3. The maximum absolute atomic E-state index is 13.4. The van der Waals surface area contributed by atoms with Gasteiger partial charge in [-0.15, -0.1) is 0 Å². The number of likely N-dealkylation sites (tertiary alicyclic amines) is 1. The van der Waals surface area contributed by atoms with E-state index in [1.165, 1.54) is 16.4 Å². The molecule has 9 heteroatoms. The monoisotopic (exact) mass is 524 g/mol. The molecule has 0 unspecified atom stereocenters. The van der Waals surface area contributed by atoms with Crippen LogP contribution in [0.5, 0.6) is 0 Å². The topological polar surface area (TPSA) is 84.7 Å². The van der Waals surface area contributed by atoms with Crippen molar-refractivity contribution >= 4 is 32.7 Å². The van der Waals surface area contributed by atoms with Crippen molar-refractivity contribution in [2.24, 2.45) is 5.92 Å². The van der Waals surface area contributed by atoms with Gasteiger partial charge in [0.25, 0.3) is 15.9 Å². The molecule has 0 spiro atoms. The maximum atomic E-state index is 13.4. The van der Waals surface area contributed by atoms with Gasteiger partial charge in [0.1, 0.15) is 5.82 Å². The van der Waals surface area contributed by atoms with Crippen LogP contribution < -0.4 is 4.31 Å². The molecular weight excluding hydrogens is 488 g/mol. The highest BCUT2D eigenvalue weighted by Gasteiger charge is 2.28. The number of hydrogen-bond acceptors (Lipinski definition) is 5. The third-order valence-corrected chi connectivity index (χ3v) is 9.25. The average molecular weight is 525 g/mol. The second kappa shape index (κ2) is 9.76. The smallest absolute Gasteiger partial charge is 0.264 e.